The molecular formula is C23H23NO5. The molecule has 0 saturated carbocycles. The number of benzene rings is 2. The maximum Gasteiger partial charge on any atom is 0.409 e. The Morgan fingerprint density at radius 2 is 1.76 bits per heavy atom. The summed E-state index contributed by atoms with van der Waals surface area (Å²) in [6.45, 7) is 1.49. The van der Waals surface area contributed by atoms with Crippen LogP contribution in [0, 0.1) is 11.3 Å². The van der Waals surface area contributed by atoms with Gasteiger partial charge in [-0.15, -0.1) is 0 Å². The van der Waals surface area contributed by atoms with Crippen LogP contribution in [0.25, 0.3) is 11.1 Å². The minimum absolute atomic E-state index is 0.00648. The highest BCUT2D eigenvalue weighted by Crippen LogP contribution is 2.45. The summed E-state index contributed by atoms with van der Waals surface area (Å²) >= 11 is 0. The van der Waals surface area contributed by atoms with Crippen molar-refractivity contribution >= 4 is 12.1 Å². The van der Waals surface area contributed by atoms with Crippen molar-refractivity contribution in [3.8, 4) is 11.1 Å². The molecule has 1 amide bonds. The van der Waals surface area contributed by atoms with Crippen LogP contribution in [0.4, 0.5) is 4.79 Å². The summed E-state index contributed by atoms with van der Waals surface area (Å²) in [6, 6.07) is 16.4. The summed E-state index contributed by atoms with van der Waals surface area (Å²) in [4.78, 5) is 26.3. The molecule has 2 aliphatic heterocycles. The molecule has 2 atom stereocenters. The molecular weight excluding hydrogens is 370 g/mol. The van der Waals surface area contributed by atoms with E-state index in [1.165, 1.54) is 11.1 Å². The number of carbonyl (C=O) groups is 2. The van der Waals surface area contributed by atoms with Crippen molar-refractivity contribution in [2.75, 3.05) is 32.9 Å². The van der Waals surface area contributed by atoms with E-state index in [-0.39, 0.29) is 31.6 Å². The van der Waals surface area contributed by atoms with Crippen molar-refractivity contribution < 1.29 is 24.2 Å². The highest BCUT2D eigenvalue weighted by Gasteiger charge is 2.55. The molecule has 5 rings (SSSR count). The summed E-state index contributed by atoms with van der Waals surface area (Å²) in [5, 5.41) is 9.76. The third-order valence-corrected chi connectivity index (χ3v) is 6.69. The fourth-order valence-electron chi connectivity index (χ4n) is 5.11. The first-order valence-electron chi connectivity index (χ1n) is 10.0. The lowest BCUT2D eigenvalue weighted by Gasteiger charge is -2.33. The molecule has 150 valence electrons. The number of carboxylic acids is 1. The van der Waals surface area contributed by atoms with Crippen molar-refractivity contribution in [2.45, 2.75) is 12.3 Å². The van der Waals surface area contributed by atoms with Gasteiger partial charge in [0, 0.05) is 25.6 Å². The van der Waals surface area contributed by atoms with Crippen LogP contribution in [0.2, 0.25) is 0 Å². The van der Waals surface area contributed by atoms with Gasteiger partial charge in [0.25, 0.3) is 0 Å². The molecule has 2 saturated heterocycles. The summed E-state index contributed by atoms with van der Waals surface area (Å²) in [7, 11) is 0. The molecule has 2 aromatic carbocycles. The molecule has 0 spiro atoms. The highest BCUT2D eigenvalue weighted by molar-refractivity contribution is 5.80. The molecule has 0 unspecified atom stereocenters. The van der Waals surface area contributed by atoms with Crippen LogP contribution in [-0.4, -0.2) is 55.0 Å². The first-order valence-corrected chi connectivity index (χ1v) is 10.0. The molecule has 2 heterocycles. The topological polar surface area (TPSA) is 76.1 Å². The van der Waals surface area contributed by atoms with Crippen LogP contribution in [0.3, 0.4) is 0 Å². The van der Waals surface area contributed by atoms with E-state index in [1.54, 1.807) is 4.90 Å². The normalized spacial score (nSPS) is 25.2. The number of rotatable bonds is 3. The van der Waals surface area contributed by atoms with E-state index in [0.29, 0.717) is 19.6 Å². The summed E-state index contributed by atoms with van der Waals surface area (Å²) in [5.41, 5.74) is 3.67. The van der Waals surface area contributed by atoms with Crippen molar-refractivity contribution in [1.82, 2.24) is 4.90 Å². The lowest BCUT2D eigenvalue weighted by molar-refractivity contribution is -0.159. The van der Waals surface area contributed by atoms with Gasteiger partial charge >= 0.3 is 12.1 Å². The Balaban J connectivity index is 1.32. The third kappa shape index (κ3) is 2.82. The predicted octanol–water partition coefficient (Wildman–Crippen LogP) is 3.36. The maximum atomic E-state index is 12.8. The van der Waals surface area contributed by atoms with E-state index in [0.717, 1.165) is 11.1 Å². The minimum Gasteiger partial charge on any atom is -0.481 e. The van der Waals surface area contributed by atoms with E-state index < -0.39 is 17.5 Å². The number of likely N-dealkylation sites (tertiary alicyclic amines) is 1. The van der Waals surface area contributed by atoms with Gasteiger partial charge in [-0.2, -0.15) is 0 Å². The lowest BCUT2D eigenvalue weighted by atomic mass is 9.76. The fraction of sp³-hybridized carbons (Fsp3) is 0.391. The van der Waals surface area contributed by atoms with Gasteiger partial charge in [-0.1, -0.05) is 48.5 Å². The standard InChI is InChI=1S/C23H23NO5/c25-21(26)23-13-24(11-15(23)9-10-28-14-23)22(27)29-12-20-18-7-3-1-5-16(18)17-6-2-4-8-19(17)20/h1-8,15,20H,9-14H2,(H,25,26)/t15-,23+/m0/s1. The number of carboxylic acid groups (broad SMARTS) is 1. The molecule has 1 N–H and O–H groups in total. The van der Waals surface area contributed by atoms with Crippen molar-refractivity contribution in [3.05, 3.63) is 59.7 Å². The molecule has 3 aliphatic rings. The van der Waals surface area contributed by atoms with Gasteiger partial charge in [-0.05, 0) is 34.6 Å². The Bertz CT molecular complexity index is 928. The second kappa shape index (κ2) is 6.88. The first kappa shape index (κ1) is 18.2. The zero-order valence-corrected chi connectivity index (χ0v) is 16.0. The number of ether oxygens (including phenoxy) is 2. The Morgan fingerprint density at radius 3 is 2.38 bits per heavy atom. The second-order valence-corrected chi connectivity index (χ2v) is 8.18. The molecule has 1 aliphatic carbocycles. The first-order chi connectivity index (χ1) is 14.1. The highest BCUT2D eigenvalue weighted by atomic mass is 16.6. The van der Waals surface area contributed by atoms with Gasteiger partial charge in [0.2, 0.25) is 0 Å². The van der Waals surface area contributed by atoms with Gasteiger partial charge in [0.1, 0.15) is 12.0 Å². The predicted molar refractivity (Wildman–Crippen MR) is 106 cm³/mol. The van der Waals surface area contributed by atoms with E-state index in [9.17, 15) is 14.7 Å². The molecule has 2 fully saturated rings. The van der Waals surface area contributed by atoms with E-state index in [4.69, 9.17) is 9.47 Å². The molecule has 0 bridgehead atoms. The minimum atomic E-state index is -1.01. The summed E-state index contributed by atoms with van der Waals surface area (Å²) < 4.78 is 11.1. The Kier molecular flexibility index (Phi) is 4.32. The molecule has 2 aromatic rings. The van der Waals surface area contributed by atoms with Crippen LogP contribution >= 0.6 is 0 Å². The van der Waals surface area contributed by atoms with Gasteiger partial charge < -0.3 is 19.5 Å². The maximum absolute atomic E-state index is 12.8. The van der Waals surface area contributed by atoms with E-state index in [1.807, 2.05) is 24.3 Å². The number of hydrogen-bond donors (Lipinski definition) is 1. The van der Waals surface area contributed by atoms with E-state index in [2.05, 4.69) is 24.3 Å². The Labute approximate surface area is 169 Å². The van der Waals surface area contributed by atoms with Gasteiger partial charge in [-0.25, -0.2) is 4.79 Å². The van der Waals surface area contributed by atoms with Crippen molar-refractivity contribution in [2.24, 2.45) is 11.3 Å². The molecule has 6 heteroatoms. The zero-order chi connectivity index (χ0) is 20.0. The average molecular weight is 393 g/mol. The van der Waals surface area contributed by atoms with Crippen molar-refractivity contribution in [3.63, 3.8) is 0 Å². The van der Waals surface area contributed by atoms with E-state index >= 15 is 0 Å². The third-order valence-electron chi connectivity index (χ3n) is 6.69. The average Bonchev–Trinajstić information content (AvgIpc) is 3.30. The monoisotopic (exact) mass is 393 g/mol. The zero-order valence-electron chi connectivity index (χ0n) is 16.0. The number of hydrogen-bond acceptors (Lipinski definition) is 4. The lowest BCUT2D eigenvalue weighted by Crippen LogP contribution is -2.46. The molecule has 0 aromatic heterocycles. The van der Waals surface area contributed by atoms with Gasteiger partial charge in [0.15, 0.2) is 0 Å². The smallest absolute Gasteiger partial charge is 0.409 e. The second-order valence-electron chi connectivity index (χ2n) is 8.18. The van der Waals surface area contributed by atoms with Crippen LogP contribution in [0.5, 0.6) is 0 Å². The molecule has 29 heavy (non-hydrogen) atoms. The SMILES string of the molecule is O=C(OCC1c2ccccc2-c2ccccc21)N1C[C@@H]2CCOC[C@]2(C(=O)O)C1. The number of amides is 1. The molecule has 6 nitrogen and oxygen atoms in total. The summed E-state index contributed by atoms with van der Waals surface area (Å²) in [5.74, 6) is -0.988. The Morgan fingerprint density at radius 1 is 1.10 bits per heavy atom. The fourth-order valence-corrected chi connectivity index (χ4v) is 5.11. The summed E-state index contributed by atoms with van der Waals surface area (Å²) in [6.07, 6.45) is 0.210. The quantitative estimate of drug-likeness (QED) is 0.865. The number of fused-ring (bicyclic) bond motifs is 4. The van der Waals surface area contributed by atoms with Crippen molar-refractivity contribution in [1.29, 1.82) is 0 Å². The van der Waals surface area contributed by atoms with Gasteiger partial charge in [0.05, 0.1) is 6.61 Å². The number of nitrogens with zero attached hydrogens (tertiary/aromatic N) is 1. The largest absolute Gasteiger partial charge is 0.481 e. The Hall–Kier alpha value is -2.86. The van der Waals surface area contributed by atoms with Crippen LogP contribution in [0.1, 0.15) is 23.5 Å². The van der Waals surface area contributed by atoms with Gasteiger partial charge in [-0.3, -0.25) is 4.79 Å². The number of carbonyl (C=O) groups excluding carboxylic acids is 1. The van der Waals surface area contributed by atoms with Crippen LogP contribution in [0.15, 0.2) is 48.5 Å². The van der Waals surface area contributed by atoms with Crippen LogP contribution in [-0.2, 0) is 14.3 Å². The molecule has 0 radical (unpaired) electrons. The van der Waals surface area contributed by atoms with Crippen LogP contribution < -0.4 is 0 Å². The number of aliphatic carboxylic acids is 1.